The summed E-state index contributed by atoms with van der Waals surface area (Å²) in [4.78, 5) is 13.9. The Morgan fingerprint density at radius 1 is 1.18 bits per heavy atom. The van der Waals surface area contributed by atoms with Gasteiger partial charge in [-0.05, 0) is 56.0 Å². The quantitative estimate of drug-likeness (QED) is 0.833. The third kappa shape index (κ3) is 3.88. The Hall–Kier alpha value is -2.84. The lowest BCUT2D eigenvalue weighted by Crippen LogP contribution is -2.45. The summed E-state index contributed by atoms with van der Waals surface area (Å²) in [5.41, 5.74) is 0.451. The number of hydrogen-bond donors (Lipinski definition) is 2. The van der Waals surface area contributed by atoms with Crippen LogP contribution in [0.5, 0.6) is 5.75 Å². The van der Waals surface area contributed by atoms with Crippen LogP contribution >= 0.6 is 0 Å². The van der Waals surface area contributed by atoms with E-state index in [-0.39, 0.29) is 28.8 Å². The van der Waals surface area contributed by atoms with E-state index in [4.69, 9.17) is 0 Å². The molecular weight excluding hydrogens is 373 g/mol. The first kappa shape index (κ1) is 19.9. The van der Waals surface area contributed by atoms with Gasteiger partial charge in [0.25, 0.3) is 0 Å². The van der Waals surface area contributed by atoms with Gasteiger partial charge < -0.3 is 15.3 Å². The molecule has 0 unspecified atom stereocenters. The van der Waals surface area contributed by atoms with E-state index in [2.05, 4.69) is 15.5 Å². The minimum Gasteiger partial charge on any atom is -0.507 e. The highest BCUT2D eigenvalue weighted by molar-refractivity contribution is 5.85. The van der Waals surface area contributed by atoms with Crippen molar-refractivity contribution in [2.24, 2.45) is 0 Å². The number of nitrogens with zero attached hydrogens (tertiary/aromatic N) is 3. The minimum absolute atomic E-state index is 0.0206. The van der Waals surface area contributed by atoms with Gasteiger partial charge in [-0.3, -0.25) is 4.79 Å². The first-order valence-corrected chi connectivity index (χ1v) is 8.85. The summed E-state index contributed by atoms with van der Waals surface area (Å²) in [5, 5.41) is 21.4. The Kier molecular flexibility index (Phi) is 5.18. The lowest BCUT2D eigenvalue weighted by atomic mass is 9.99. The van der Waals surface area contributed by atoms with Gasteiger partial charge >= 0.3 is 6.18 Å². The molecule has 3 rings (SSSR count). The second-order valence-electron chi connectivity index (χ2n) is 7.05. The van der Waals surface area contributed by atoms with Gasteiger partial charge in [-0.2, -0.15) is 13.2 Å². The summed E-state index contributed by atoms with van der Waals surface area (Å²) < 4.78 is 38.7. The number of piperidine rings is 1. The van der Waals surface area contributed by atoms with Crippen LogP contribution in [0.2, 0.25) is 0 Å². The molecule has 2 aromatic rings. The maximum atomic E-state index is 12.9. The van der Waals surface area contributed by atoms with E-state index >= 15 is 0 Å². The van der Waals surface area contributed by atoms with Crippen molar-refractivity contribution in [2.75, 3.05) is 18.9 Å². The Bertz CT molecular complexity index is 892. The van der Waals surface area contributed by atoms with Crippen molar-refractivity contribution < 1.29 is 23.1 Å². The predicted molar refractivity (Wildman–Crippen MR) is 97.9 cm³/mol. The van der Waals surface area contributed by atoms with Gasteiger partial charge in [0, 0.05) is 19.2 Å². The largest absolute Gasteiger partial charge is 0.507 e. The van der Waals surface area contributed by atoms with Gasteiger partial charge in [0.1, 0.15) is 11.8 Å². The smallest absolute Gasteiger partial charge is 0.416 e. The summed E-state index contributed by atoms with van der Waals surface area (Å²) in [6.07, 6.45) is -2.98. The van der Waals surface area contributed by atoms with Gasteiger partial charge in [-0.1, -0.05) is 0 Å². The molecule has 1 amide bonds. The Labute approximate surface area is 160 Å². The van der Waals surface area contributed by atoms with Crippen LogP contribution in [0.25, 0.3) is 11.3 Å². The number of likely N-dealkylation sites (N-methyl/N-ethyl adjacent to an activating group) is 1. The highest BCUT2D eigenvalue weighted by Crippen LogP contribution is 2.38. The molecular formula is C19H21F3N4O2. The molecule has 0 bridgehead atoms. The van der Waals surface area contributed by atoms with Crippen LogP contribution in [0.1, 0.15) is 29.5 Å². The molecule has 28 heavy (non-hydrogen) atoms. The lowest BCUT2D eigenvalue weighted by molar-refractivity contribution is -0.137. The molecule has 1 atom stereocenters. The van der Waals surface area contributed by atoms with Crippen LogP contribution in [0.15, 0.2) is 18.2 Å². The maximum Gasteiger partial charge on any atom is 0.416 e. The fraction of sp³-hybridized carbons (Fsp3) is 0.421. The molecule has 2 heterocycles. The van der Waals surface area contributed by atoms with Crippen LogP contribution in [0.4, 0.5) is 19.0 Å². The van der Waals surface area contributed by atoms with E-state index in [0.717, 1.165) is 12.5 Å². The predicted octanol–water partition coefficient (Wildman–Crippen LogP) is 3.52. The summed E-state index contributed by atoms with van der Waals surface area (Å²) in [7, 11) is 1.74. The Balaban J connectivity index is 1.90. The van der Waals surface area contributed by atoms with Crippen molar-refractivity contribution in [1.29, 1.82) is 0 Å². The normalized spacial score (nSPS) is 17.7. The second-order valence-corrected chi connectivity index (χ2v) is 7.05. The number of carbonyl (C=O) groups is 1. The Morgan fingerprint density at radius 3 is 2.50 bits per heavy atom. The highest BCUT2D eigenvalue weighted by Gasteiger charge is 2.32. The average molecular weight is 394 g/mol. The molecule has 150 valence electrons. The average Bonchev–Trinajstić information content (AvgIpc) is 2.59. The third-order valence-corrected chi connectivity index (χ3v) is 4.85. The number of benzene rings is 1. The molecule has 1 aromatic heterocycles. The van der Waals surface area contributed by atoms with Gasteiger partial charge in [0.2, 0.25) is 5.91 Å². The van der Waals surface area contributed by atoms with Gasteiger partial charge in [0.05, 0.1) is 11.3 Å². The van der Waals surface area contributed by atoms with E-state index in [0.29, 0.717) is 30.4 Å². The number of amides is 1. The number of likely N-dealkylation sites (tertiary alicyclic amines) is 1. The number of anilines is 1. The van der Waals surface area contributed by atoms with Crippen molar-refractivity contribution >= 4 is 11.7 Å². The van der Waals surface area contributed by atoms with E-state index in [9.17, 15) is 23.1 Å². The SMILES string of the molecule is Cc1cc(-c2c(C)cc(C(F)(F)F)cc2O)nnc1N[C@@H]1CCCN(C)C1=O. The molecule has 0 radical (unpaired) electrons. The first-order valence-electron chi connectivity index (χ1n) is 8.85. The number of halogens is 3. The summed E-state index contributed by atoms with van der Waals surface area (Å²) in [6, 6.07) is 2.89. The van der Waals surface area contributed by atoms with E-state index in [1.165, 1.54) is 6.92 Å². The number of aryl methyl sites for hydroxylation is 2. The molecule has 1 fully saturated rings. The highest BCUT2D eigenvalue weighted by atomic mass is 19.4. The van der Waals surface area contributed by atoms with Gasteiger partial charge in [-0.25, -0.2) is 0 Å². The molecule has 1 aliphatic rings. The van der Waals surface area contributed by atoms with Crippen molar-refractivity contribution in [2.45, 2.75) is 38.9 Å². The number of aromatic nitrogens is 2. The molecule has 0 aliphatic carbocycles. The lowest BCUT2D eigenvalue weighted by Gasteiger charge is -2.30. The van der Waals surface area contributed by atoms with E-state index in [1.54, 1.807) is 24.9 Å². The number of nitrogens with one attached hydrogen (secondary N) is 1. The molecule has 1 aliphatic heterocycles. The molecule has 1 aromatic carbocycles. The standard InChI is InChI=1S/C19H21F3N4O2/c1-10-7-12(19(20,21)22)9-15(27)16(10)14-8-11(2)17(25-24-14)23-13-5-4-6-26(3)18(13)28/h7-9,13,27H,4-6H2,1-3H3,(H,23,25)/t13-/m1/s1. The zero-order chi connectivity index (χ0) is 20.6. The number of alkyl halides is 3. The van der Waals surface area contributed by atoms with Crippen LogP contribution in [-0.4, -0.2) is 45.7 Å². The topological polar surface area (TPSA) is 78.4 Å². The molecule has 2 N–H and O–H groups in total. The fourth-order valence-corrected chi connectivity index (χ4v) is 3.35. The van der Waals surface area contributed by atoms with Gasteiger partial charge in [-0.15, -0.1) is 10.2 Å². The Morgan fingerprint density at radius 2 is 1.89 bits per heavy atom. The molecule has 9 heteroatoms. The van der Waals surface area contributed by atoms with Crippen molar-refractivity contribution in [3.8, 4) is 17.0 Å². The summed E-state index contributed by atoms with van der Waals surface area (Å²) in [6.45, 7) is 3.95. The fourth-order valence-electron chi connectivity index (χ4n) is 3.35. The zero-order valence-corrected chi connectivity index (χ0v) is 15.8. The number of phenols is 1. The molecule has 6 nitrogen and oxygen atoms in total. The number of rotatable bonds is 3. The summed E-state index contributed by atoms with van der Waals surface area (Å²) >= 11 is 0. The first-order chi connectivity index (χ1) is 13.1. The monoisotopic (exact) mass is 394 g/mol. The number of aromatic hydroxyl groups is 1. The van der Waals surface area contributed by atoms with Crippen LogP contribution in [-0.2, 0) is 11.0 Å². The van der Waals surface area contributed by atoms with Crippen molar-refractivity contribution in [3.05, 3.63) is 34.9 Å². The van der Waals surface area contributed by atoms with Crippen molar-refractivity contribution in [3.63, 3.8) is 0 Å². The maximum absolute atomic E-state index is 12.9. The zero-order valence-electron chi connectivity index (χ0n) is 15.8. The number of phenolic OH excluding ortho intramolecular Hbond substituents is 1. The minimum atomic E-state index is -4.55. The van der Waals surface area contributed by atoms with E-state index in [1.807, 2.05) is 0 Å². The third-order valence-electron chi connectivity index (χ3n) is 4.85. The number of carbonyl (C=O) groups excluding carboxylic acids is 1. The number of hydrogen-bond acceptors (Lipinski definition) is 5. The van der Waals surface area contributed by atoms with Crippen LogP contribution in [0.3, 0.4) is 0 Å². The summed E-state index contributed by atoms with van der Waals surface area (Å²) in [5.74, 6) is -0.0972. The molecule has 0 spiro atoms. The van der Waals surface area contributed by atoms with E-state index < -0.39 is 17.5 Å². The van der Waals surface area contributed by atoms with Crippen LogP contribution < -0.4 is 5.32 Å². The second kappa shape index (κ2) is 7.29. The van der Waals surface area contributed by atoms with Gasteiger partial charge in [0.15, 0.2) is 5.82 Å². The van der Waals surface area contributed by atoms with Crippen molar-refractivity contribution in [1.82, 2.24) is 15.1 Å². The molecule has 0 saturated carbocycles. The van der Waals surface area contributed by atoms with Crippen LogP contribution in [0, 0.1) is 13.8 Å². The molecule has 1 saturated heterocycles.